The van der Waals surface area contributed by atoms with Crippen molar-refractivity contribution in [3.63, 3.8) is 0 Å². The molecule has 334 valence electrons. The maximum Gasteiger partial charge on any atom is 0.0305 e. The van der Waals surface area contributed by atoms with Crippen molar-refractivity contribution in [1.82, 2.24) is 9.97 Å². The number of benzene rings is 2. The minimum atomic E-state index is 0. The third-order valence-electron chi connectivity index (χ3n) is 11.1. The fraction of sp³-hybridized carbons (Fsp3) is 0.519. The molecule has 0 fully saturated rings. The first kappa shape index (κ1) is 81.4. The Balaban J connectivity index is -0.0000000759. The fourth-order valence-corrected chi connectivity index (χ4v) is 4.45. The molecule has 2 aromatic heterocycles. The second-order valence-electron chi connectivity index (χ2n) is 18.1. The maximum absolute atomic E-state index is 4.10. The zero-order valence-corrected chi connectivity index (χ0v) is 54.8. The van der Waals surface area contributed by atoms with E-state index in [-0.39, 0.29) is 166 Å². The van der Waals surface area contributed by atoms with Crippen molar-refractivity contribution in [2.45, 2.75) is 178 Å². The van der Waals surface area contributed by atoms with Crippen molar-refractivity contribution in [2.75, 3.05) is 0 Å². The Bertz CT molecular complexity index is 1440. The second kappa shape index (κ2) is 40.4. The summed E-state index contributed by atoms with van der Waals surface area (Å²) in [6, 6.07) is 25.9. The first-order valence-electron chi connectivity index (χ1n) is 20.0. The molecular formula is C54H92N2Y4-4. The molecule has 0 bridgehead atoms. The van der Waals surface area contributed by atoms with Crippen LogP contribution < -0.4 is 0 Å². The van der Waals surface area contributed by atoms with Gasteiger partial charge in [-0.1, -0.05) is 183 Å². The molecule has 4 aromatic rings. The monoisotopic (exact) mass is 1120 g/mol. The SMILES string of the molecule is CCC(C)(C)C.CCC(C)(C)c1ccc(C)cc1.CCC(C)(C)c1cccc(C)c1.CCC(C)(C)c1cccnc1.CCC(C)(C)c1ccncc1.[CH3-].[CH3-].[CH3-].[CH3-].[Y].[Y].[Y].[Y]. The molecule has 0 spiro atoms. The molecule has 0 atom stereocenters. The summed E-state index contributed by atoms with van der Waals surface area (Å²) < 4.78 is 0. The van der Waals surface area contributed by atoms with E-state index in [1.54, 1.807) is 0 Å². The van der Waals surface area contributed by atoms with Gasteiger partial charge >= 0.3 is 0 Å². The molecule has 0 saturated heterocycles. The molecule has 60 heavy (non-hydrogen) atoms. The zero-order valence-electron chi connectivity index (χ0n) is 43.5. The number of aryl methyl sites for hydroxylation is 2. The minimum Gasteiger partial charge on any atom is -0.358 e. The summed E-state index contributed by atoms with van der Waals surface area (Å²) in [6.07, 6.45) is 13.4. The Morgan fingerprint density at radius 3 is 1.05 bits per heavy atom. The first-order chi connectivity index (χ1) is 24.0. The van der Waals surface area contributed by atoms with E-state index in [4.69, 9.17) is 0 Å². The first-order valence-corrected chi connectivity index (χ1v) is 20.0. The minimum absolute atomic E-state index is 0. The molecule has 4 rings (SSSR count). The topological polar surface area (TPSA) is 25.8 Å². The van der Waals surface area contributed by atoms with Gasteiger partial charge in [-0.15, -0.1) is 0 Å². The van der Waals surface area contributed by atoms with Crippen LogP contribution in [0.25, 0.3) is 0 Å². The van der Waals surface area contributed by atoms with Crippen molar-refractivity contribution >= 4 is 0 Å². The van der Waals surface area contributed by atoms with Crippen LogP contribution in [0, 0.1) is 49.0 Å². The van der Waals surface area contributed by atoms with E-state index in [0.717, 1.165) is 12.8 Å². The average Bonchev–Trinajstić information content (AvgIpc) is 3.13. The standard InChI is InChI=1S/2C12H18.2C10H15N.C6H14.4CH3.4Y/c1-5-12(3,4)11-8-6-10(2)7-9-11;1-5-12(3,4)11-8-6-7-10(2)9-11;1-4-10(2,3)9-5-7-11-8-6-9;1-4-10(2,3)9-6-5-7-11-8-9;1-5-6(2,3)4;;;;;;;;/h2*6-9H,5H2,1-4H3;2*5-8H,4H2,1-3H3;5H2,1-4H3;4*1H3;;;;/q;;;;;4*-1;;;;. The molecular weight excluding hydrogens is 1030 g/mol. The van der Waals surface area contributed by atoms with Crippen LogP contribution in [0.4, 0.5) is 0 Å². The van der Waals surface area contributed by atoms with E-state index < -0.39 is 0 Å². The molecule has 2 heterocycles. The Labute approximate surface area is 478 Å². The molecule has 0 aliphatic carbocycles. The molecule has 0 aliphatic rings. The third kappa shape index (κ3) is 34.5. The van der Waals surface area contributed by atoms with Gasteiger partial charge in [0.15, 0.2) is 0 Å². The van der Waals surface area contributed by atoms with Gasteiger partial charge in [0.1, 0.15) is 0 Å². The zero-order chi connectivity index (χ0) is 40.2. The second-order valence-corrected chi connectivity index (χ2v) is 18.1. The quantitative estimate of drug-likeness (QED) is 0.164. The Kier molecular flexibility index (Phi) is 54.8. The van der Waals surface area contributed by atoms with E-state index in [1.165, 1.54) is 52.6 Å². The Morgan fingerprint density at radius 1 is 0.367 bits per heavy atom. The summed E-state index contributed by atoms with van der Waals surface area (Å²) in [7, 11) is 0. The van der Waals surface area contributed by atoms with Crippen LogP contribution in [-0.2, 0) is 152 Å². The summed E-state index contributed by atoms with van der Waals surface area (Å²) in [6.45, 7) is 40.2. The van der Waals surface area contributed by atoms with Crippen LogP contribution in [0.5, 0.6) is 0 Å². The van der Waals surface area contributed by atoms with Gasteiger partial charge in [0.2, 0.25) is 0 Å². The average molecular weight is 1120 g/mol. The molecule has 0 aliphatic heterocycles. The Morgan fingerprint density at radius 2 is 0.717 bits per heavy atom. The van der Waals surface area contributed by atoms with Gasteiger partial charge in [-0.2, -0.15) is 0 Å². The largest absolute Gasteiger partial charge is 0.358 e. The van der Waals surface area contributed by atoms with Crippen LogP contribution in [0.15, 0.2) is 97.6 Å². The number of hydrogen-bond donors (Lipinski definition) is 0. The van der Waals surface area contributed by atoms with Gasteiger partial charge in [-0.25, -0.2) is 0 Å². The van der Waals surface area contributed by atoms with Gasteiger partial charge in [-0.3, -0.25) is 9.97 Å². The third-order valence-corrected chi connectivity index (χ3v) is 11.1. The van der Waals surface area contributed by atoms with Gasteiger partial charge in [0.25, 0.3) is 0 Å². The molecule has 6 heteroatoms. The normalized spacial score (nSPS) is 10.1. The summed E-state index contributed by atoms with van der Waals surface area (Å²) in [5, 5.41) is 0. The summed E-state index contributed by atoms with van der Waals surface area (Å²) in [4.78, 5) is 8.09. The molecule has 4 radical (unpaired) electrons. The number of rotatable bonds is 8. The van der Waals surface area contributed by atoms with Gasteiger partial charge in [0.05, 0.1) is 0 Å². The van der Waals surface area contributed by atoms with Crippen LogP contribution in [-0.4, -0.2) is 9.97 Å². The van der Waals surface area contributed by atoms with Crippen LogP contribution in [0.2, 0.25) is 0 Å². The smallest absolute Gasteiger partial charge is 0.0305 e. The molecule has 2 nitrogen and oxygen atoms in total. The maximum atomic E-state index is 4.10. The predicted molar refractivity (Wildman–Crippen MR) is 260 cm³/mol. The van der Waals surface area contributed by atoms with E-state index in [1.807, 2.05) is 30.9 Å². The number of pyridine rings is 2. The van der Waals surface area contributed by atoms with Crippen LogP contribution >= 0.6 is 0 Å². The van der Waals surface area contributed by atoms with Gasteiger partial charge in [0, 0.05) is 156 Å². The Hall–Kier alpha value is 1.16. The van der Waals surface area contributed by atoms with Crippen LogP contribution in [0.1, 0.15) is 176 Å². The molecule has 0 unspecified atom stereocenters. The number of hydrogen-bond acceptors (Lipinski definition) is 2. The fourth-order valence-electron chi connectivity index (χ4n) is 4.45. The van der Waals surface area contributed by atoms with Crippen molar-refractivity contribution in [1.29, 1.82) is 0 Å². The van der Waals surface area contributed by atoms with Crippen LogP contribution in [0.3, 0.4) is 0 Å². The van der Waals surface area contributed by atoms with Crippen molar-refractivity contribution < 1.29 is 131 Å². The van der Waals surface area contributed by atoms with Crippen molar-refractivity contribution in [2.24, 2.45) is 5.41 Å². The summed E-state index contributed by atoms with van der Waals surface area (Å²) in [5.74, 6) is 0. The molecule has 0 saturated carbocycles. The number of nitrogens with zero attached hydrogens (tertiary/aromatic N) is 2. The summed E-state index contributed by atoms with van der Waals surface area (Å²) in [5.41, 5.74) is 10.0. The predicted octanol–water partition coefficient (Wildman–Crippen LogP) is 17.1. The molecule has 2 aromatic carbocycles. The van der Waals surface area contributed by atoms with E-state index >= 15 is 0 Å². The van der Waals surface area contributed by atoms with E-state index in [9.17, 15) is 0 Å². The molecule has 0 amide bonds. The van der Waals surface area contributed by atoms with E-state index in [0.29, 0.717) is 21.7 Å². The number of aromatic nitrogens is 2. The van der Waals surface area contributed by atoms with Crippen molar-refractivity contribution in [3.05, 3.63) is 161 Å². The van der Waals surface area contributed by atoms with Gasteiger partial charge < -0.3 is 29.7 Å². The van der Waals surface area contributed by atoms with Crippen molar-refractivity contribution in [3.8, 4) is 0 Å². The molecule has 0 N–H and O–H groups in total. The van der Waals surface area contributed by atoms with E-state index in [2.05, 4.69) is 201 Å². The summed E-state index contributed by atoms with van der Waals surface area (Å²) >= 11 is 0. The van der Waals surface area contributed by atoms with Gasteiger partial charge in [-0.05, 0) is 107 Å².